The first-order valence-corrected chi connectivity index (χ1v) is 22.4. The number of imidazole rings is 1. The Morgan fingerprint density at radius 3 is 2.63 bits per heavy atom. The Kier molecular flexibility index (Phi) is 10.9. The number of ether oxygens (including phenoxy) is 2. The van der Waals surface area contributed by atoms with E-state index < -0.39 is 94.8 Å². The molecule has 21 nitrogen and oxygen atoms in total. The maximum absolute atomic E-state index is 16.3. The van der Waals surface area contributed by atoms with Crippen LogP contribution >= 0.6 is 6.72 Å². The lowest BCUT2D eigenvalue weighted by Crippen LogP contribution is -2.50. The zero-order valence-electron chi connectivity index (χ0n) is 30.4. The minimum Gasteiger partial charge on any atom is -0.408 e. The van der Waals surface area contributed by atoms with Gasteiger partial charge in [-0.2, -0.15) is 9.67 Å². The van der Waals surface area contributed by atoms with Gasteiger partial charge >= 0.3 is 6.72 Å². The van der Waals surface area contributed by atoms with Gasteiger partial charge in [-0.1, -0.05) is 39.8 Å². The molecule has 6 rings (SSSR count). The van der Waals surface area contributed by atoms with Crippen molar-refractivity contribution in [3.05, 3.63) is 23.0 Å². The number of carbonyl (C=O) groups is 1. The summed E-state index contributed by atoms with van der Waals surface area (Å²) in [5, 5.41) is 31.4. The van der Waals surface area contributed by atoms with Crippen molar-refractivity contribution in [2.45, 2.75) is 95.3 Å². The van der Waals surface area contributed by atoms with Crippen molar-refractivity contribution in [1.29, 1.82) is 0 Å². The number of anilines is 2. The standard InChI is InChI=1S/C29H43FN11O10PSSi/c1-13(2)24(44)36-27-35-23-17(25(45)37-27)34-12-40(23)26-19(18(14(8-42)49-26)51-54(6,7)28(3,4)5)50-52(46,53)48-9-15-20(43)29(30,10-47-15)41-22-16(38-39-41)21(31)32-11-33-22/h11-15,18-20,26,42-43H,8-10H2,1-7H3,(H,46,53)(H2,31,32,33)(H2,35,36,37,44,45)/t14-,15-,18?,19+,20-,26-,29-,52?/m1/s1. The number of aliphatic hydroxyl groups is 2. The summed E-state index contributed by atoms with van der Waals surface area (Å²) >= 11 is 5.43. The number of rotatable bonds is 12. The number of hydrogen-bond acceptors (Lipinski definition) is 17. The predicted octanol–water partition coefficient (Wildman–Crippen LogP) is 0.812. The van der Waals surface area contributed by atoms with Crippen molar-refractivity contribution < 1.29 is 47.2 Å². The summed E-state index contributed by atoms with van der Waals surface area (Å²) in [5.41, 5.74) is 4.95. The number of nitrogens with one attached hydrogen (secondary N) is 2. The van der Waals surface area contributed by atoms with E-state index in [1.54, 1.807) is 13.8 Å². The van der Waals surface area contributed by atoms with E-state index in [1.807, 2.05) is 33.9 Å². The average Bonchev–Trinajstić information content (AvgIpc) is 3.85. The second kappa shape index (κ2) is 14.6. The van der Waals surface area contributed by atoms with Gasteiger partial charge in [0.1, 0.15) is 43.5 Å². The number of hydrogen-bond donors (Lipinski definition) is 6. The molecule has 0 saturated carbocycles. The van der Waals surface area contributed by atoms with E-state index in [4.69, 9.17) is 40.5 Å². The maximum Gasteiger partial charge on any atom is 0.325 e. The Balaban J connectivity index is 1.29. The van der Waals surface area contributed by atoms with E-state index in [2.05, 4.69) is 40.5 Å². The lowest BCUT2D eigenvalue weighted by Gasteiger charge is -2.40. The Hall–Kier alpha value is -3.42. The molecule has 54 heavy (non-hydrogen) atoms. The highest BCUT2D eigenvalue weighted by Gasteiger charge is 2.56. The summed E-state index contributed by atoms with van der Waals surface area (Å²) in [7, 11) is -2.66. The number of aromatic amines is 1. The van der Waals surface area contributed by atoms with Gasteiger partial charge in [0.2, 0.25) is 11.9 Å². The molecule has 4 aromatic heterocycles. The summed E-state index contributed by atoms with van der Waals surface area (Å²) < 4.78 is 48.7. The average molecular weight is 816 g/mol. The third kappa shape index (κ3) is 7.44. The number of nitrogen functional groups attached to an aromatic ring is 1. The van der Waals surface area contributed by atoms with E-state index in [9.17, 15) is 24.7 Å². The van der Waals surface area contributed by atoms with Crippen LogP contribution in [0.5, 0.6) is 0 Å². The molecule has 2 aliphatic rings. The molecule has 7 N–H and O–H groups in total. The van der Waals surface area contributed by atoms with Gasteiger partial charge < -0.3 is 39.3 Å². The van der Waals surface area contributed by atoms with Gasteiger partial charge in [-0.05, 0) is 29.9 Å². The molecule has 1 amide bonds. The molecule has 0 spiro atoms. The number of halogens is 1. The van der Waals surface area contributed by atoms with Crippen molar-refractivity contribution in [2.75, 3.05) is 30.9 Å². The van der Waals surface area contributed by atoms with Crippen molar-refractivity contribution in [1.82, 2.24) is 44.5 Å². The van der Waals surface area contributed by atoms with E-state index >= 15 is 4.39 Å². The summed E-state index contributed by atoms with van der Waals surface area (Å²) in [6.45, 7) is 7.05. The minimum atomic E-state index is -4.35. The largest absolute Gasteiger partial charge is 0.408 e. The number of fused-ring (bicyclic) bond motifs is 2. The number of aromatic nitrogens is 9. The van der Waals surface area contributed by atoms with Gasteiger partial charge in [0.15, 0.2) is 42.7 Å². The molecule has 0 bridgehead atoms. The molecule has 2 fully saturated rings. The number of amides is 1. The maximum atomic E-state index is 16.3. The molecule has 2 saturated heterocycles. The molecular weight excluding hydrogens is 773 g/mol. The lowest BCUT2D eigenvalue weighted by molar-refractivity contribution is -0.118. The Morgan fingerprint density at radius 1 is 1.24 bits per heavy atom. The second-order valence-corrected chi connectivity index (χ2v) is 22.4. The number of nitrogens with two attached hydrogens (primary N) is 1. The molecule has 0 aromatic carbocycles. The lowest BCUT2D eigenvalue weighted by atomic mass is 10.1. The monoisotopic (exact) mass is 815 g/mol. The Bertz CT molecular complexity index is 2150. The van der Waals surface area contributed by atoms with Crippen LogP contribution in [0, 0.1) is 5.92 Å². The van der Waals surface area contributed by atoms with Gasteiger partial charge in [-0.25, -0.2) is 19.3 Å². The molecule has 0 radical (unpaired) electrons. The fourth-order valence-corrected chi connectivity index (χ4v) is 8.39. The van der Waals surface area contributed by atoms with Crippen LogP contribution in [0.1, 0.15) is 40.8 Å². The molecule has 0 aliphatic carbocycles. The topological polar surface area (TPSA) is 282 Å². The molecule has 25 heteroatoms. The Morgan fingerprint density at radius 2 is 1.96 bits per heavy atom. The summed E-state index contributed by atoms with van der Waals surface area (Å²) in [6.07, 6.45) is -5.62. The van der Waals surface area contributed by atoms with Crippen LogP contribution in [0.2, 0.25) is 18.1 Å². The fraction of sp³-hybridized carbons (Fsp3) is 0.655. The summed E-state index contributed by atoms with van der Waals surface area (Å²) in [4.78, 5) is 55.8. The molecular formula is C29H43FN11O10PSSi. The fourth-order valence-electron chi connectivity index (χ4n) is 5.66. The van der Waals surface area contributed by atoms with Crippen LogP contribution in [0.25, 0.3) is 22.3 Å². The first-order valence-electron chi connectivity index (χ1n) is 16.9. The summed E-state index contributed by atoms with van der Waals surface area (Å²) in [5.74, 6) is -3.69. The predicted molar refractivity (Wildman–Crippen MR) is 194 cm³/mol. The van der Waals surface area contributed by atoms with Crippen molar-refractivity contribution in [3.8, 4) is 0 Å². The third-order valence-corrected chi connectivity index (χ3v) is 15.8. The normalized spacial score (nSPS) is 27.6. The van der Waals surface area contributed by atoms with Gasteiger partial charge in [0, 0.05) is 5.92 Å². The van der Waals surface area contributed by atoms with Crippen LogP contribution in [0.15, 0.2) is 17.4 Å². The van der Waals surface area contributed by atoms with Gasteiger partial charge in [-0.3, -0.25) is 29.0 Å². The van der Waals surface area contributed by atoms with E-state index in [1.165, 1.54) is 10.9 Å². The smallest absolute Gasteiger partial charge is 0.325 e. The number of H-pyrrole nitrogens is 1. The van der Waals surface area contributed by atoms with Crippen LogP contribution in [0.3, 0.4) is 0 Å². The third-order valence-electron chi connectivity index (χ3n) is 9.76. The van der Waals surface area contributed by atoms with E-state index in [0.29, 0.717) is 0 Å². The van der Waals surface area contributed by atoms with Crippen molar-refractivity contribution in [3.63, 3.8) is 0 Å². The molecule has 6 heterocycles. The molecule has 8 atom stereocenters. The number of alkyl halides is 1. The highest BCUT2D eigenvalue weighted by Crippen LogP contribution is 2.52. The molecule has 2 unspecified atom stereocenters. The number of nitrogens with zero attached hydrogens (tertiary/aromatic N) is 8. The van der Waals surface area contributed by atoms with Crippen molar-refractivity contribution in [2.24, 2.45) is 5.92 Å². The quantitative estimate of drug-likeness (QED) is 0.0852. The molecule has 4 aromatic rings. The van der Waals surface area contributed by atoms with Gasteiger partial charge in [0.05, 0.1) is 19.5 Å². The summed E-state index contributed by atoms with van der Waals surface area (Å²) in [6, 6.07) is 0. The highest BCUT2D eigenvalue weighted by molar-refractivity contribution is 8.07. The van der Waals surface area contributed by atoms with Crippen LogP contribution in [0.4, 0.5) is 16.2 Å². The van der Waals surface area contributed by atoms with Crippen molar-refractivity contribution >= 4 is 66.8 Å². The number of aliphatic hydroxyl groups excluding tert-OH is 2. The first kappa shape index (κ1) is 40.2. The zero-order chi connectivity index (χ0) is 39.5. The van der Waals surface area contributed by atoms with Crippen LogP contribution in [-0.4, -0.2) is 124 Å². The molecule has 2 aliphatic heterocycles. The zero-order valence-corrected chi connectivity index (χ0v) is 33.1. The van der Waals surface area contributed by atoms with Crippen LogP contribution in [-0.2, 0) is 45.3 Å². The van der Waals surface area contributed by atoms with E-state index in [-0.39, 0.29) is 39.1 Å². The van der Waals surface area contributed by atoms with E-state index in [0.717, 1.165) is 11.0 Å². The minimum absolute atomic E-state index is 0.0201. The van der Waals surface area contributed by atoms with Gasteiger partial charge in [-0.15, -0.1) is 5.10 Å². The first-order chi connectivity index (χ1) is 25.2. The highest BCUT2D eigenvalue weighted by atomic mass is 32.5. The Labute approximate surface area is 313 Å². The number of carbonyl (C=O) groups excluding carboxylic acids is 1. The van der Waals surface area contributed by atoms with Crippen LogP contribution < -0.4 is 16.6 Å². The SMILES string of the molecule is CC(C)C(=O)Nc1nc2c(ncn2[C@@H]2O[C@H](CO)C(O[Si](C)(C)C(C)(C)C)[C@@H]2OP(O)(=S)OC[C@H]2OC[C@@](F)(n3nnc4c(N)ncnc43)[C@@H]2O)c(=O)[nH]1. The second-order valence-electron chi connectivity index (χ2n) is 14.9. The van der Waals surface area contributed by atoms with Gasteiger partial charge in [0.25, 0.3) is 11.4 Å². The molecule has 296 valence electrons.